The maximum Gasteiger partial charge on any atom is 0.0673 e. The van der Waals surface area contributed by atoms with Crippen molar-refractivity contribution in [3.63, 3.8) is 0 Å². The van der Waals surface area contributed by atoms with Crippen molar-refractivity contribution >= 4 is 0 Å². The van der Waals surface area contributed by atoms with Gasteiger partial charge in [-0.25, -0.2) is 0 Å². The highest BCUT2D eigenvalue weighted by molar-refractivity contribution is 4.91. The van der Waals surface area contributed by atoms with Crippen molar-refractivity contribution in [1.29, 1.82) is 0 Å². The Labute approximate surface area is 111 Å². The zero-order chi connectivity index (χ0) is 13.0. The minimum atomic E-state index is -0.459. The molecule has 0 aromatic rings. The van der Waals surface area contributed by atoms with Crippen molar-refractivity contribution in [2.45, 2.75) is 89.1 Å². The van der Waals surface area contributed by atoms with Crippen LogP contribution < -0.4 is 5.32 Å². The largest absolute Gasteiger partial charge is 0.390 e. The van der Waals surface area contributed by atoms with Crippen LogP contribution in [-0.2, 0) is 4.74 Å². The summed E-state index contributed by atoms with van der Waals surface area (Å²) in [5.41, 5.74) is -0.459. The maximum atomic E-state index is 10.7. The molecule has 1 saturated carbocycles. The average Bonchev–Trinajstić information content (AvgIpc) is 2.74. The van der Waals surface area contributed by atoms with E-state index in [4.69, 9.17) is 4.74 Å². The summed E-state index contributed by atoms with van der Waals surface area (Å²) in [6, 6.07) is 0.619. The predicted molar refractivity (Wildman–Crippen MR) is 73.7 cm³/mol. The average molecular weight is 255 g/mol. The molecule has 1 heterocycles. The highest BCUT2D eigenvalue weighted by atomic mass is 16.5. The summed E-state index contributed by atoms with van der Waals surface area (Å²) in [5.74, 6) is 0. The van der Waals surface area contributed by atoms with E-state index in [1.165, 1.54) is 6.42 Å². The van der Waals surface area contributed by atoms with E-state index in [0.29, 0.717) is 18.2 Å². The molecule has 3 heteroatoms. The van der Waals surface area contributed by atoms with Crippen LogP contribution in [0.25, 0.3) is 0 Å². The Hall–Kier alpha value is -0.120. The van der Waals surface area contributed by atoms with Gasteiger partial charge < -0.3 is 15.2 Å². The highest BCUT2D eigenvalue weighted by Crippen LogP contribution is 2.35. The molecule has 0 bridgehead atoms. The molecule has 2 aliphatic rings. The third kappa shape index (κ3) is 3.94. The molecule has 2 N–H and O–H groups in total. The fraction of sp³-hybridized carbons (Fsp3) is 1.00. The summed E-state index contributed by atoms with van der Waals surface area (Å²) in [6.45, 7) is 5.44. The molecule has 106 valence electrons. The third-order valence-corrected chi connectivity index (χ3v) is 4.53. The Morgan fingerprint density at radius 3 is 2.50 bits per heavy atom. The first-order valence-corrected chi connectivity index (χ1v) is 7.72. The van der Waals surface area contributed by atoms with Gasteiger partial charge >= 0.3 is 0 Å². The van der Waals surface area contributed by atoms with E-state index < -0.39 is 5.60 Å². The maximum absolute atomic E-state index is 10.7. The Bertz CT molecular complexity index is 249. The van der Waals surface area contributed by atoms with Crippen molar-refractivity contribution in [2.24, 2.45) is 0 Å². The summed E-state index contributed by atoms with van der Waals surface area (Å²) >= 11 is 0. The number of rotatable bonds is 5. The fourth-order valence-electron chi connectivity index (χ4n) is 3.37. The van der Waals surface area contributed by atoms with E-state index in [1.54, 1.807) is 0 Å². The number of ether oxygens (including phenoxy) is 1. The Kier molecular flexibility index (Phi) is 5.05. The second-order valence-corrected chi connectivity index (χ2v) is 6.30. The SMILES string of the molecule is CCCNC1CCC(O)(CC2CCC(C)O2)CC1. The van der Waals surface area contributed by atoms with E-state index in [2.05, 4.69) is 19.2 Å². The molecule has 0 aromatic carbocycles. The Balaban J connectivity index is 1.73. The van der Waals surface area contributed by atoms with Crippen molar-refractivity contribution in [1.82, 2.24) is 5.32 Å². The molecule has 3 nitrogen and oxygen atoms in total. The number of hydrogen-bond donors (Lipinski definition) is 2. The van der Waals surface area contributed by atoms with E-state index in [1.807, 2.05) is 0 Å². The number of nitrogens with one attached hydrogen (secondary N) is 1. The van der Waals surface area contributed by atoms with Gasteiger partial charge in [-0.05, 0) is 58.4 Å². The first-order chi connectivity index (χ1) is 8.61. The van der Waals surface area contributed by atoms with E-state index in [-0.39, 0.29) is 0 Å². The molecular formula is C15H29NO2. The zero-order valence-electron chi connectivity index (χ0n) is 12.0. The second-order valence-electron chi connectivity index (χ2n) is 6.30. The molecule has 1 aliphatic heterocycles. The van der Waals surface area contributed by atoms with Gasteiger partial charge in [0.2, 0.25) is 0 Å². The molecular weight excluding hydrogens is 226 g/mol. The van der Waals surface area contributed by atoms with Crippen LogP contribution in [0.4, 0.5) is 0 Å². The van der Waals surface area contributed by atoms with Crippen LogP contribution in [0, 0.1) is 0 Å². The molecule has 2 fully saturated rings. The van der Waals surface area contributed by atoms with Crippen LogP contribution in [0.5, 0.6) is 0 Å². The van der Waals surface area contributed by atoms with E-state index in [9.17, 15) is 5.11 Å². The van der Waals surface area contributed by atoms with Gasteiger partial charge in [0, 0.05) is 12.5 Å². The normalized spacial score (nSPS) is 41.2. The van der Waals surface area contributed by atoms with Gasteiger partial charge in [0.25, 0.3) is 0 Å². The van der Waals surface area contributed by atoms with Crippen molar-refractivity contribution in [2.75, 3.05) is 6.54 Å². The fourth-order valence-corrected chi connectivity index (χ4v) is 3.37. The van der Waals surface area contributed by atoms with Gasteiger partial charge in [0.1, 0.15) is 0 Å². The summed E-state index contributed by atoms with van der Waals surface area (Å²) in [7, 11) is 0. The van der Waals surface area contributed by atoms with Crippen molar-refractivity contribution in [3.05, 3.63) is 0 Å². The second kappa shape index (κ2) is 6.36. The minimum absolute atomic E-state index is 0.296. The summed E-state index contributed by atoms with van der Waals surface area (Å²) in [6.07, 6.45) is 9.09. The van der Waals surface area contributed by atoms with Gasteiger partial charge in [-0.1, -0.05) is 6.92 Å². The molecule has 1 saturated heterocycles. The van der Waals surface area contributed by atoms with Crippen LogP contribution in [0.1, 0.15) is 65.2 Å². The van der Waals surface area contributed by atoms with Crippen LogP contribution in [0.3, 0.4) is 0 Å². The molecule has 0 amide bonds. The van der Waals surface area contributed by atoms with Crippen molar-refractivity contribution in [3.8, 4) is 0 Å². The lowest BCUT2D eigenvalue weighted by Gasteiger charge is -2.37. The molecule has 2 atom stereocenters. The highest BCUT2D eigenvalue weighted by Gasteiger charge is 2.37. The van der Waals surface area contributed by atoms with E-state index >= 15 is 0 Å². The van der Waals surface area contributed by atoms with Gasteiger partial charge in [-0.2, -0.15) is 0 Å². The van der Waals surface area contributed by atoms with Gasteiger partial charge in [-0.15, -0.1) is 0 Å². The van der Waals surface area contributed by atoms with Crippen LogP contribution in [0.2, 0.25) is 0 Å². The minimum Gasteiger partial charge on any atom is -0.390 e. The molecule has 2 rings (SSSR count). The topological polar surface area (TPSA) is 41.5 Å². The zero-order valence-corrected chi connectivity index (χ0v) is 12.0. The number of hydrogen-bond acceptors (Lipinski definition) is 3. The molecule has 0 radical (unpaired) electrons. The Morgan fingerprint density at radius 1 is 1.22 bits per heavy atom. The monoisotopic (exact) mass is 255 g/mol. The van der Waals surface area contributed by atoms with Gasteiger partial charge in [0.15, 0.2) is 0 Å². The van der Waals surface area contributed by atoms with Crippen LogP contribution in [0.15, 0.2) is 0 Å². The standard InChI is InChI=1S/C15H29NO2/c1-3-10-16-13-6-8-15(17,9-7-13)11-14-5-4-12(2)18-14/h12-14,16-17H,3-11H2,1-2H3. The summed E-state index contributed by atoms with van der Waals surface area (Å²) in [4.78, 5) is 0. The lowest BCUT2D eigenvalue weighted by atomic mass is 9.78. The molecule has 18 heavy (non-hydrogen) atoms. The summed E-state index contributed by atoms with van der Waals surface area (Å²) < 4.78 is 5.85. The predicted octanol–water partition coefficient (Wildman–Crippen LogP) is 2.62. The third-order valence-electron chi connectivity index (χ3n) is 4.53. The van der Waals surface area contributed by atoms with Crippen LogP contribution >= 0.6 is 0 Å². The lowest BCUT2D eigenvalue weighted by Crippen LogP contribution is -2.43. The van der Waals surface area contributed by atoms with E-state index in [0.717, 1.165) is 51.5 Å². The molecule has 1 aliphatic carbocycles. The smallest absolute Gasteiger partial charge is 0.0673 e. The van der Waals surface area contributed by atoms with Gasteiger partial charge in [0.05, 0.1) is 17.8 Å². The van der Waals surface area contributed by atoms with Gasteiger partial charge in [-0.3, -0.25) is 0 Å². The van der Waals surface area contributed by atoms with Crippen molar-refractivity contribution < 1.29 is 9.84 Å². The van der Waals surface area contributed by atoms with Crippen LogP contribution in [-0.4, -0.2) is 35.5 Å². The molecule has 0 spiro atoms. The lowest BCUT2D eigenvalue weighted by molar-refractivity contribution is -0.0577. The first-order valence-electron chi connectivity index (χ1n) is 7.72. The molecule has 0 aromatic heterocycles. The molecule has 2 unspecified atom stereocenters. The quantitative estimate of drug-likeness (QED) is 0.793. The Morgan fingerprint density at radius 2 is 1.94 bits per heavy atom. The first kappa shape index (κ1) is 14.3. The number of aliphatic hydroxyl groups is 1. The summed E-state index contributed by atoms with van der Waals surface area (Å²) in [5, 5.41) is 14.2.